The van der Waals surface area contributed by atoms with Gasteiger partial charge in [0, 0.05) is 37.9 Å². The minimum atomic E-state index is 0.622. The van der Waals surface area contributed by atoms with Gasteiger partial charge in [-0.3, -0.25) is 0 Å². The predicted molar refractivity (Wildman–Crippen MR) is 178 cm³/mol. The van der Waals surface area contributed by atoms with Gasteiger partial charge in [-0.25, -0.2) is 19.9 Å². The first-order valence-electron chi connectivity index (χ1n) is 14.0. The highest BCUT2D eigenvalue weighted by molar-refractivity contribution is 9.10. The fourth-order valence-electron chi connectivity index (χ4n) is 5.01. The predicted octanol–water partition coefficient (Wildman–Crippen LogP) is 10.0. The molecule has 0 fully saturated rings. The summed E-state index contributed by atoms with van der Waals surface area (Å²) in [7, 11) is 0. The van der Waals surface area contributed by atoms with Crippen LogP contribution in [0, 0.1) is 0 Å². The molecule has 0 aliphatic carbocycles. The van der Waals surface area contributed by atoms with Crippen LogP contribution in [0.2, 0.25) is 0 Å². The second-order valence-corrected chi connectivity index (χ2v) is 10.9. The van der Waals surface area contributed by atoms with Gasteiger partial charge >= 0.3 is 0 Å². The van der Waals surface area contributed by atoms with Gasteiger partial charge in [0.1, 0.15) is 0 Å². The van der Waals surface area contributed by atoms with Gasteiger partial charge in [-0.15, -0.1) is 0 Å². The van der Waals surface area contributed by atoms with E-state index >= 15 is 0 Å². The SMILES string of the molecule is Brc1ccc(-c2nc(-c3ccccc3)cc(-c3ccccc3)n2)cc1-c1nc(-c2ccccc2)cc(-c2ccccc2)n1. The maximum absolute atomic E-state index is 5.04. The lowest BCUT2D eigenvalue weighted by Gasteiger charge is -2.13. The van der Waals surface area contributed by atoms with E-state index in [1.54, 1.807) is 0 Å². The van der Waals surface area contributed by atoms with Crippen molar-refractivity contribution in [2.24, 2.45) is 0 Å². The van der Waals surface area contributed by atoms with Crippen molar-refractivity contribution in [3.05, 3.63) is 156 Å². The molecular formula is C38H25BrN4. The summed E-state index contributed by atoms with van der Waals surface area (Å²) in [5.41, 5.74) is 9.31. The third-order valence-electron chi connectivity index (χ3n) is 7.20. The molecule has 0 unspecified atom stereocenters. The zero-order valence-electron chi connectivity index (χ0n) is 23.1. The maximum atomic E-state index is 5.04. The molecule has 0 bridgehead atoms. The van der Waals surface area contributed by atoms with E-state index < -0.39 is 0 Å². The first-order valence-corrected chi connectivity index (χ1v) is 14.8. The molecule has 5 aromatic carbocycles. The standard InChI is InChI=1S/C38H25BrN4/c39-32-22-21-30(37-40-33(26-13-5-1-6-14-26)24-34(41-37)27-15-7-2-8-16-27)23-31(32)38-42-35(28-17-9-3-10-18-28)25-36(43-38)29-19-11-4-12-20-29/h1-25H. The zero-order valence-corrected chi connectivity index (χ0v) is 24.7. The summed E-state index contributed by atoms with van der Waals surface area (Å²) >= 11 is 3.78. The normalized spacial score (nSPS) is 10.9. The van der Waals surface area contributed by atoms with Crippen molar-refractivity contribution in [1.29, 1.82) is 0 Å². The van der Waals surface area contributed by atoms with Crippen molar-refractivity contribution >= 4 is 15.9 Å². The molecule has 4 nitrogen and oxygen atoms in total. The van der Waals surface area contributed by atoms with Crippen molar-refractivity contribution in [2.45, 2.75) is 0 Å². The molecule has 0 saturated carbocycles. The molecule has 0 spiro atoms. The summed E-state index contributed by atoms with van der Waals surface area (Å²) < 4.78 is 0.892. The van der Waals surface area contributed by atoms with Crippen LogP contribution in [0.25, 0.3) is 67.8 Å². The molecule has 0 radical (unpaired) electrons. The molecule has 7 aromatic rings. The Morgan fingerprint density at radius 2 is 0.674 bits per heavy atom. The Bertz CT molecular complexity index is 1900. The van der Waals surface area contributed by atoms with Crippen LogP contribution in [0.4, 0.5) is 0 Å². The van der Waals surface area contributed by atoms with E-state index in [9.17, 15) is 0 Å². The van der Waals surface area contributed by atoms with E-state index in [0.29, 0.717) is 11.6 Å². The first-order chi connectivity index (χ1) is 21.2. The molecule has 0 atom stereocenters. The van der Waals surface area contributed by atoms with E-state index in [2.05, 4.69) is 70.5 Å². The largest absolute Gasteiger partial charge is 0.228 e. The molecule has 7 rings (SSSR count). The average molecular weight is 618 g/mol. The quantitative estimate of drug-likeness (QED) is 0.186. The lowest BCUT2D eigenvalue weighted by atomic mass is 10.0. The Morgan fingerprint density at radius 1 is 0.326 bits per heavy atom. The molecule has 2 aromatic heterocycles. The monoisotopic (exact) mass is 616 g/mol. The van der Waals surface area contributed by atoms with E-state index in [1.807, 2.05) is 97.1 Å². The Morgan fingerprint density at radius 3 is 1.05 bits per heavy atom. The number of rotatable bonds is 6. The molecule has 0 aliphatic heterocycles. The van der Waals surface area contributed by atoms with Gasteiger partial charge in [0.25, 0.3) is 0 Å². The van der Waals surface area contributed by atoms with Gasteiger partial charge in [-0.2, -0.15) is 0 Å². The summed E-state index contributed by atoms with van der Waals surface area (Å²) in [6.45, 7) is 0. The molecule has 0 N–H and O–H groups in total. The summed E-state index contributed by atoms with van der Waals surface area (Å²) in [4.78, 5) is 20.1. The van der Waals surface area contributed by atoms with Crippen molar-refractivity contribution < 1.29 is 0 Å². The van der Waals surface area contributed by atoms with Crippen LogP contribution < -0.4 is 0 Å². The van der Waals surface area contributed by atoms with Gasteiger partial charge < -0.3 is 0 Å². The Hall–Kier alpha value is -5.26. The highest BCUT2D eigenvalue weighted by atomic mass is 79.9. The fraction of sp³-hybridized carbons (Fsp3) is 0. The van der Waals surface area contributed by atoms with Crippen molar-refractivity contribution in [1.82, 2.24) is 19.9 Å². The van der Waals surface area contributed by atoms with Crippen molar-refractivity contribution in [3.63, 3.8) is 0 Å². The third-order valence-corrected chi connectivity index (χ3v) is 7.89. The van der Waals surface area contributed by atoms with Gasteiger partial charge in [-0.05, 0) is 24.3 Å². The van der Waals surface area contributed by atoms with Gasteiger partial charge in [0.15, 0.2) is 11.6 Å². The molecule has 0 saturated heterocycles. The van der Waals surface area contributed by atoms with Crippen LogP contribution in [-0.4, -0.2) is 19.9 Å². The topological polar surface area (TPSA) is 51.6 Å². The highest BCUT2D eigenvalue weighted by Gasteiger charge is 2.16. The van der Waals surface area contributed by atoms with Crippen molar-refractivity contribution in [2.75, 3.05) is 0 Å². The minimum absolute atomic E-state index is 0.622. The van der Waals surface area contributed by atoms with E-state index in [0.717, 1.165) is 60.6 Å². The van der Waals surface area contributed by atoms with Crippen LogP contribution in [0.5, 0.6) is 0 Å². The lowest BCUT2D eigenvalue weighted by molar-refractivity contribution is 1.17. The Labute approximate surface area is 259 Å². The van der Waals surface area contributed by atoms with E-state index in [4.69, 9.17) is 19.9 Å². The number of nitrogens with zero attached hydrogens (tertiary/aromatic N) is 4. The lowest BCUT2D eigenvalue weighted by Crippen LogP contribution is -1.98. The second-order valence-electron chi connectivity index (χ2n) is 10.1. The highest BCUT2D eigenvalue weighted by Crippen LogP contribution is 2.35. The fourth-order valence-corrected chi connectivity index (χ4v) is 5.43. The summed E-state index contributed by atoms with van der Waals surface area (Å²) in [6, 6.07) is 51.0. The number of hydrogen-bond donors (Lipinski definition) is 0. The number of aromatic nitrogens is 4. The van der Waals surface area contributed by atoms with Gasteiger partial charge in [-0.1, -0.05) is 143 Å². The van der Waals surface area contributed by atoms with Crippen molar-refractivity contribution in [3.8, 4) is 67.8 Å². The third kappa shape index (κ3) is 5.76. The van der Waals surface area contributed by atoms with Crippen LogP contribution >= 0.6 is 15.9 Å². The number of hydrogen-bond acceptors (Lipinski definition) is 4. The molecule has 0 aliphatic rings. The Kier molecular flexibility index (Phi) is 7.38. The zero-order chi connectivity index (χ0) is 29.0. The van der Waals surface area contributed by atoms with E-state index in [-0.39, 0.29) is 0 Å². The first kappa shape index (κ1) is 26.6. The molecule has 5 heteroatoms. The molecule has 204 valence electrons. The van der Waals surface area contributed by atoms with E-state index in [1.165, 1.54) is 0 Å². The van der Waals surface area contributed by atoms with Crippen LogP contribution in [-0.2, 0) is 0 Å². The molecule has 0 amide bonds. The Balaban J connectivity index is 1.40. The molecular weight excluding hydrogens is 592 g/mol. The number of halogens is 1. The van der Waals surface area contributed by atoms with Gasteiger partial charge in [0.2, 0.25) is 0 Å². The smallest absolute Gasteiger partial charge is 0.161 e. The summed E-state index contributed by atoms with van der Waals surface area (Å²) in [5, 5.41) is 0. The van der Waals surface area contributed by atoms with Gasteiger partial charge in [0.05, 0.1) is 22.8 Å². The molecule has 2 heterocycles. The summed E-state index contributed by atoms with van der Waals surface area (Å²) in [5.74, 6) is 1.26. The second kappa shape index (κ2) is 11.9. The maximum Gasteiger partial charge on any atom is 0.161 e. The van der Waals surface area contributed by atoms with Crippen LogP contribution in [0.15, 0.2) is 156 Å². The van der Waals surface area contributed by atoms with Crippen LogP contribution in [0.1, 0.15) is 0 Å². The van der Waals surface area contributed by atoms with Crippen LogP contribution in [0.3, 0.4) is 0 Å². The summed E-state index contributed by atoms with van der Waals surface area (Å²) in [6.07, 6.45) is 0. The number of benzene rings is 5. The molecule has 43 heavy (non-hydrogen) atoms. The average Bonchev–Trinajstić information content (AvgIpc) is 3.09. The minimum Gasteiger partial charge on any atom is -0.228 e.